The van der Waals surface area contributed by atoms with E-state index in [2.05, 4.69) is 20.6 Å². The Balaban J connectivity index is 1.54. The molecule has 1 aliphatic rings. The summed E-state index contributed by atoms with van der Waals surface area (Å²) in [5.41, 5.74) is 3.62. The van der Waals surface area contributed by atoms with Gasteiger partial charge in [-0.15, -0.1) is 10.2 Å². The van der Waals surface area contributed by atoms with Crippen LogP contribution in [0.25, 0.3) is 22.5 Å². The fourth-order valence-electron chi connectivity index (χ4n) is 3.43. The van der Waals surface area contributed by atoms with Crippen LogP contribution in [0.4, 0.5) is 0 Å². The molecule has 2 aromatic carbocycles. The Morgan fingerprint density at radius 3 is 2.70 bits per heavy atom. The van der Waals surface area contributed by atoms with Gasteiger partial charge in [0.25, 0.3) is 5.91 Å². The quantitative estimate of drug-likeness (QED) is 0.770. The summed E-state index contributed by atoms with van der Waals surface area (Å²) in [7, 11) is 1.71. The Labute approximate surface area is 157 Å². The molecule has 0 aliphatic carbocycles. The van der Waals surface area contributed by atoms with Crippen molar-refractivity contribution in [3.63, 3.8) is 0 Å². The minimum Gasteiger partial charge on any atom is -0.380 e. The first kappa shape index (κ1) is 17.4. The summed E-state index contributed by atoms with van der Waals surface area (Å²) in [4.78, 5) is 14.8. The number of nitrogens with one attached hydrogen (secondary N) is 1. The normalized spacial score (nSPS) is 17.1. The lowest BCUT2D eigenvalue weighted by atomic mass is 10.0. The standard InChI is InChI=1S/C20H21N5O2/c1-27-18-6-3-11-25(13-18)20(26)17-5-2-4-16(12-17)14-7-9-15(10-8-14)19-21-23-24-22-19/h2,4-5,7-10,12,18H,3,6,11,13H2,1H3,(H,21,22,23,24)/t18-/m1/s1. The van der Waals surface area contributed by atoms with Crippen molar-refractivity contribution in [1.29, 1.82) is 0 Å². The van der Waals surface area contributed by atoms with Gasteiger partial charge >= 0.3 is 0 Å². The molecular formula is C20H21N5O2. The highest BCUT2D eigenvalue weighted by atomic mass is 16.5. The molecule has 0 bridgehead atoms. The number of hydrogen-bond acceptors (Lipinski definition) is 5. The van der Waals surface area contributed by atoms with Crippen LogP contribution in [-0.4, -0.2) is 57.7 Å². The second kappa shape index (κ2) is 7.67. The van der Waals surface area contributed by atoms with E-state index in [1.807, 2.05) is 53.4 Å². The van der Waals surface area contributed by atoms with E-state index in [4.69, 9.17) is 4.74 Å². The second-order valence-corrected chi connectivity index (χ2v) is 6.64. The first-order chi connectivity index (χ1) is 13.2. The smallest absolute Gasteiger partial charge is 0.253 e. The average Bonchev–Trinajstić information content (AvgIpc) is 3.28. The van der Waals surface area contributed by atoms with Crippen molar-refractivity contribution in [2.24, 2.45) is 0 Å². The molecule has 7 nitrogen and oxygen atoms in total. The van der Waals surface area contributed by atoms with E-state index in [1.54, 1.807) is 7.11 Å². The van der Waals surface area contributed by atoms with E-state index in [0.29, 0.717) is 17.9 Å². The van der Waals surface area contributed by atoms with Crippen molar-refractivity contribution in [2.75, 3.05) is 20.2 Å². The summed E-state index contributed by atoms with van der Waals surface area (Å²) < 4.78 is 5.43. The number of H-pyrrole nitrogens is 1. The van der Waals surface area contributed by atoms with Gasteiger partial charge in [0.2, 0.25) is 5.82 Å². The molecule has 1 saturated heterocycles. The van der Waals surface area contributed by atoms with Gasteiger partial charge in [-0.25, -0.2) is 0 Å². The number of methoxy groups -OCH3 is 1. The second-order valence-electron chi connectivity index (χ2n) is 6.64. The lowest BCUT2D eigenvalue weighted by Gasteiger charge is -2.32. The predicted molar refractivity (Wildman–Crippen MR) is 101 cm³/mol. The van der Waals surface area contributed by atoms with Gasteiger partial charge in [0.05, 0.1) is 6.10 Å². The highest BCUT2D eigenvalue weighted by Crippen LogP contribution is 2.24. The number of hydrogen-bond donors (Lipinski definition) is 1. The number of likely N-dealkylation sites (tertiary alicyclic amines) is 1. The van der Waals surface area contributed by atoms with Crippen LogP contribution in [0.1, 0.15) is 23.2 Å². The third kappa shape index (κ3) is 3.73. The molecule has 1 aliphatic heterocycles. The van der Waals surface area contributed by atoms with Crippen molar-refractivity contribution in [1.82, 2.24) is 25.5 Å². The van der Waals surface area contributed by atoms with E-state index in [-0.39, 0.29) is 12.0 Å². The monoisotopic (exact) mass is 363 g/mol. The number of piperidine rings is 1. The lowest BCUT2D eigenvalue weighted by molar-refractivity contribution is 0.0269. The zero-order chi connectivity index (χ0) is 18.6. The molecule has 4 rings (SSSR count). The van der Waals surface area contributed by atoms with Gasteiger partial charge in [0.15, 0.2) is 0 Å². The molecule has 7 heteroatoms. The van der Waals surface area contributed by atoms with Crippen molar-refractivity contribution in [3.8, 4) is 22.5 Å². The molecule has 1 fully saturated rings. The van der Waals surface area contributed by atoms with E-state index < -0.39 is 0 Å². The molecule has 1 N–H and O–H groups in total. The number of amides is 1. The predicted octanol–water partition coefficient (Wildman–Crippen LogP) is 2.78. The summed E-state index contributed by atoms with van der Waals surface area (Å²) in [5, 5.41) is 14.0. The fourth-order valence-corrected chi connectivity index (χ4v) is 3.43. The maximum atomic E-state index is 12.9. The molecule has 2 heterocycles. The number of aromatic nitrogens is 4. The van der Waals surface area contributed by atoms with Crippen molar-refractivity contribution in [3.05, 3.63) is 54.1 Å². The highest BCUT2D eigenvalue weighted by molar-refractivity contribution is 5.95. The molecule has 0 spiro atoms. The van der Waals surface area contributed by atoms with E-state index in [9.17, 15) is 4.79 Å². The van der Waals surface area contributed by atoms with Crippen LogP contribution in [0.3, 0.4) is 0 Å². The van der Waals surface area contributed by atoms with E-state index in [0.717, 1.165) is 36.1 Å². The van der Waals surface area contributed by atoms with Crippen molar-refractivity contribution < 1.29 is 9.53 Å². The Kier molecular flexibility index (Phi) is 4.93. The first-order valence-electron chi connectivity index (χ1n) is 9.01. The molecular weight excluding hydrogens is 342 g/mol. The SMILES string of the molecule is CO[C@@H]1CCCN(C(=O)c2cccc(-c3ccc(-c4nn[nH]n4)cc3)c2)C1. The number of aromatic amines is 1. The molecule has 3 aromatic rings. The number of nitrogens with zero attached hydrogens (tertiary/aromatic N) is 4. The summed E-state index contributed by atoms with van der Waals surface area (Å²) in [6, 6.07) is 15.6. The van der Waals surface area contributed by atoms with E-state index >= 15 is 0 Å². The molecule has 0 saturated carbocycles. The van der Waals surface area contributed by atoms with Gasteiger partial charge in [0, 0.05) is 31.3 Å². The Bertz CT molecular complexity index is 908. The third-order valence-electron chi connectivity index (χ3n) is 4.93. The number of carbonyl (C=O) groups excluding carboxylic acids is 1. The lowest BCUT2D eigenvalue weighted by Crippen LogP contribution is -2.42. The van der Waals surface area contributed by atoms with Gasteiger partial charge in [0.1, 0.15) is 0 Å². The highest BCUT2D eigenvalue weighted by Gasteiger charge is 2.24. The van der Waals surface area contributed by atoms with Crippen LogP contribution in [0.5, 0.6) is 0 Å². The van der Waals surface area contributed by atoms with Crippen LogP contribution < -0.4 is 0 Å². The molecule has 27 heavy (non-hydrogen) atoms. The molecule has 1 atom stereocenters. The third-order valence-corrected chi connectivity index (χ3v) is 4.93. The minimum atomic E-state index is 0.0574. The van der Waals surface area contributed by atoms with Crippen LogP contribution in [0.15, 0.2) is 48.5 Å². The number of tetrazole rings is 1. The van der Waals surface area contributed by atoms with Crippen LogP contribution in [0.2, 0.25) is 0 Å². The molecule has 1 aromatic heterocycles. The number of carbonyl (C=O) groups is 1. The first-order valence-corrected chi connectivity index (χ1v) is 9.01. The molecule has 138 valence electrons. The topological polar surface area (TPSA) is 84.0 Å². The number of rotatable bonds is 4. The zero-order valence-electron chi connectivity index (χ0n) is 15.1. The number of benzene rings is 2. The van der Waals surface area contributed by atoms with Crippen LogP contribution in [0, 0.1) is 0 Å². The summed E-state index contributed by atoms with van der Waals surface area (Å²) in [6.45, 7) is 1.43. The van der Waals surface area contributed by atoms with Gasteiger partial charge in [-0.2, -0.15) is 5.21 Å². The minimum absolute atomic E-state index is 0.0574. The molecule has 0 radical (unpaired) electrons. The molecule has 0 unspecified atom stereocenters. The van der Waals surface area contributed by atoms with Gasteiger partial charge < -0.3 is 9.64 Å². The Morgan fingerprint density at radius 1 is 1.15 bits per heavy atom. The summed E-state index contributed by atoms with van der Waals surface area (Å²) in [5.74, 6) is 0.616. The van der Waals surface area contributed by atoms with Crippen molar-refractivity contribution in [2.45, 2.75) is 18.9 Å². The van der Waals surface area contributed by atoms with Gasteiger partial charge in [-0.1, -0.05) is 36.4 Å². The Morgan fingerprint density at radius 2 is 1.96 bits per heavy atom. The van der Waals surface area contributed by atoms with Crippen LogP contribution in [-0.2, 0) is 4.74 Å². The maximum Gasteiger partial charge on any atom is 0.253 e. The Hall–Kier alpha value is -3.06. The largest absolute Gasteiger partial charge is 0.380 e. The zero-order valence-corrected chi connectivity index (χ0v) is 15.1. The van der Waals surface area contributed by atoms with Gasteiger partial charge in [-0.3, -0.25) is 4.79 Å². The molecule has 1 amide bonds. The number of ether oxygens (including phenoxy) is 1. The van der Waals surface area contributed by atoms with Gasteiger partial charge in [-0.05, 0) is 41.3 Å². The fraction of sp³-hybridized carbons (Fsp3) is 0.300. The summed E-state index contributed by atoms with van der Waals surface area (Å²) in [6.07, 6.45) is 2.11. The van der Waals surface area contributed by atoms with E-state index in [1.165, 1.54) is 0 Å². The van der Waals surface area contributed by atoms with Crippen LogP contribution >= 0.6 is 0 Å². The summed E-state index contributed by atoms with van der Waals surface area (Å²) >= 11 is 0. The van der Waals surface area contributed by atoms with Crippen molar-refractivity contribution >= 4 is 5.91 Å². The average molecular weight is 363 g/mol. The maximum absolute atomic E-state index is 12.9.